The maximum atomic E-state index is 12.0. The molecule has 2 rings (SSSR count). The van der Waals surface area contributed by atoms with Crippen molar-refractivity contribution in [1.29, 1.82) is 0 Å². The Morgan fingerprint density at radius 2 is 2.20 bits per heavy atom. The third kappa shape index (κ3) is 2.69. The summed E-state index contributed by atoms with van der Waals surface area (Å²) in [6.07, 6.45) is 1.55. The minimum atomic E-state index is -0.372. The van der Waals surface area contributed by atoms with Crippen LogP contribution in [0.5, 0.6) is 0 Å². The molecule has 0 bridgehead atoms. The average Bonchev–Trinajstić information content (AvgIpc) is 2.66. The highest BCUT2D eigenvalue weighted by Gasteiger charge is 2.20. The zero-order chi connectivity index (χ0) is 14.9. The van der Waals surface area contributed by atoms with E-state index >= 15 is 0 Å². The van der Waals surface area contributed by atoms with Crippen LogP contribution in [0.2, 0.25) is 0 Å². The molecule has 0 unspecified atom stereocenters. The number of aryl methyl sites for hydroxylation is 1. The van der Waals surface area contributed by atoms with E-state index in [0.717, 1.165) is 15.9 Å². The first kappa shape index (κ1) is 14.9. The second-order valence-corrected chi connectivity index (χ2v) is 5.50. The average molecular weight is 341 g/mol. The Bertz CT molecular complexity index is 651. The number of ether oxygens (including phenoxy) is 1. The van der Waals surface area contributed by atoms with Crippen LogP contribution in [-0.4, -0.2) is 46.2 Å². The molecule has 2 heterocycles. The summed E-state index contributed by atoms with van der Waals surface area (Å²) in [4.78, 5) is 18.3. The number of carbonyl (C=O) groups is 1. The Morgan fingerprint density at radius 1 is 1.50 bits per heavy atom. The van der Waals surface area contributed by atoms with E-state index < -0.39 is 0 Å². The van der Waals surface area contributed by atoms with Crippen LogP contribution in [0.15, 0.2) is 10.7 Å². The second-order valence-electron chi connectivity index (χ2n) is 4.71. The van der Waals surface area contributed by atoms with Gasteiger partial charge in [-0.2, -0.15) is 5.10 Å². The Kier molecular flexibility index (Phi) is 4.39. The quantitative estimate of drug-likeness (QED) is 0.797. The van der Waals surface area contributed by atoms with E-state index in [9.17, 15) is 4.79 Å². The molecular formula is C13H17BrN4O2. The second kappa shape index (κ2) is 5.88. The van der Waals surface area contributed by atoms with Gasteiger partial charge in [0.15, 0.2) is 5.65 Å². The number of rotatable bonds is 4. The summed E-state index contributed by atoms with van der Waals surface area (Å²) < 4.78 is 7.63. The smallest absolute Gasteiger partial charge is 0.341 e. The van der Waals surface area contributed by atoms with E-state index in [1.54, 1.807) is 17.6 Å². The molecule has 0 fully saturated rings. The summed E-state index contributed by atoms with van der Waals surface area (Å²) in [5.41, 5.74) is 2.75. The monoisotopic (exact) mass is 340 g/mol. The van der Waals surface area contributed by atoms with E-state index in [4.69, 9.17) is 4.74 Å². The fraction of sp³-hybridized carbons (Fsp3) is 0.462. The predicted octanol–water partition coefficient (Wildman–Crippen LogP) is 2.04. The molecule has 0 aliphatic heterocycles. The molecule has 2 aromatic heterocycles. The molecule has 0 radical (unpaired) electrons. The molecule has 0 amide bonds. The minimum absolute atomic E-state index is 0.333. The van der Waals surface area contributed by atoms with Crippen molar-refractivity contribution < 1.29 is 9.53 Å². The van der Waals surface area contributed by atoms with Crippen LogP contribution in [0.1, 0.15) is 28.7 Å². The standard InChI is InChI=1S/C13H17BrN4O2/c1-5-20-13(19)9-6-15-12-11(14)8(2)16-18(12)10(9)7-17(3)4/h6H,5,7H2,1-4H3. The van der Waals surface area contributed by atoms with Gasteiger partial charge in [-0.05, 0) is 43.9 Å². The topological polar surface area (TPSA) is 59.7 Å². The Balaban J connectivity index is 2.65. The van der Waals surface area contributed by atoms with Crippen LogP contribution < -0.4 is 0 Å². The van der Waals surface area contributed by atoms with Crippen LogP contribution in [0.4, 0.5) is 0 Å². The molecule has 2 aromatic rings. The van der Waals surface area contributed by atoms with Gasteiger partial charge < -0.3 is 9.64 Å². The summed E-state index contributed by atoms with van der Waals surface area (Å²) in [5.74, 6) is -0.372. The highest BCUT2D eigenvalue weighted by atomic mass is 79.9. The Hall–Kier alpha value is -1.47. The lowest BCUT2D eigenvalue weighted by molar-refractivity contribution is 0.0522. The van der Waals surface area contributed by atoms with Crippen molar-refractivity contribution in [3.05, 3.63) is 27.6 Å². The van der Waals surface area contributed by atoms with Crippen molar-refractivity contribution in [1.82, 2.24) is 19.5 Å². The number of nitrogens with zero attached hydrogens (tertiary/aromatic N) is 4. The molecular weight excluding hydrogens is 324 g/mol. The molecule has 108 valence electrons. The number of aromatic nitrogens is 3. The molecule has 0 atom stereocenters. The summed E-state index contributed by atoms with van der Waals surface area (Å²) in [5, 5.41) is 4.44. The van der Waals surface area contributed by atoms with E-state index in [1.807, 2.05) is 25.9 Å². The van der Waals surface area contributed by atoms with Crippen molar-refractivity contribution in [2.45, 2.75) is 20.4 Å². The third-order valence-electron chi connectivity index (χ3n) is 2.81. The number of halogens is 1. The first-order valence-electron chi connectivity index (χ1n) is 6.30. The van der Waals surface area contributed by atoms with E-state index in [-0.39, 0.29) is 5.97 Å². The zero-order valence-corrected chi connectivity index (χ0v) is 13.6. The Labute approximate surface area is 125 Å². The molecule has 6 nitrogen and oxygen atoms in total. The number of fused-ring (bicyclic) bond motifs is 1. The van der Waals surface area contributed by atoms with Crippen LogP contribution >= 0.6 is 15.9 Å². The van der Waals surface area contributed by atoms with Gasteiger partial charge in [0.1, 0.15) is 5.56 Å². The van der Waals surface area contributed by atoms with Gasteiger partial charge in [0, 0.05) is 12.7 Å². The normalized spacial score (nSPS) is 11.3. The molecule has 0 aliphatic rings. The molecule has 0 N–H and O–H groups in total. The first-order valence-corrected chi connectivity index (χ1v) is 7.09. The molecule has 20 heavy (non-hydrogen) atoms. The van der Waals surface area contributed by atoms with Crippen LogP contribution in [0.25, 0.3) is 5.65 Å². The molecule has 0 saturated heterocycles. The molecule has 0 aliphatic carbocycles. The van der Waals surface area contributed by atoms with Gasteiger partial charge in [-0.15, -0.1) is 0 Å². The van der Waals surface area contributed by atoms with Gasteiger partial charge in [0.25, 0.3) is 0 Å². The highest BCUT2D eigenvalue weighted by Crippen LogP contribution is 2.23. The van der Waals surface area contributed by atoms with Gasteiger partial charge in [-0.3, -0.25) is 0 Å². The fourth-order valence-electron chi connectivity index (χ4n) is 1.94. The minimum Gasteiger partial charge on any atom is -0.462 e. The number of esters is 1. The molecule has 7 heteroatoms. The molecule has 0 aromatic carbocycles. The lowest BCUT2D eigenvalue weighted by Gasteiger charge is -2.14. The summed E-state index contributed by atoms with van der Waals surface area (Å²) in [6.45, 7) is 4.58. The van der Waals surface area contributed by atoms with Crippen molar-refractivity contribution in [2.75, 3.05) is 20.7 Å². The SMILES string of the molecule is CCOC(=O)c1cnc2c(Br)c(C)nn2c1CN(C)C. The summed E-state index contributed by atoms with van der Waals surface area (Å²) in [7, 11) is 3.87. The van der Waals surface area contributed by atoms with Gasteiger partial charge in [0.2, 0.25) is 0 Å². The number of hydrogen-bond acceptors (Lipinski definition) is 5. The number of hydrogen-bond donors (Lipinski definition) is 0. The molecule has 0 spiro atoms. The summed E-state index contributed by atoms with van der Waals surface area (Å²) >= 11 is 3.47. The number of carbonyl (C=O) groups excluding carboxylic acids is 1. The maximum absolute atomic E-state index is 12.0. The maximum Gasteiger partial charge on any atom is 0.341 e. The summed E-state index contributed by atoms with van der Waals surface area (Å²) in [6, 6.07) is 0. The highest BCUT2D eigenvalue weighted by molar-refractivity contribution is 9.10. The zero-order valence-electron chi connectivity index (χ0n) is 12.0. The van der Waals surface area contributed by atoms with E-state index in [2.05, 4.69) is 26.0 Å². The van der Waals surface area contributed by atoms with Crippen molar-refractivity contribution in [3.8, 4) is 0 Å². The van der Waals surface area contributed by atoms with Crippen molar-refractivity contribution in [3.63, 3.8) is 0 Å². The lowest BCUT2D eigenvalue weighted by Crippen LogP contribution is -2.20. The molecule has 0 saturated carbocycles. The van der Waals surface area contributed by atoms with Crippen LogP contribution in [0.3, 0.4) is 0 Å². The van der Waals surface area contributed by atoms with Gasteiger partial charge in [-0.1, -0.05) is 0 Å². The largest absolute Gasteiger partial charge is 0.462 e. The van der Waals surface area contributed by atoms with Crippen LogP contribution in [0, 0.1) is 6.92 Å². The fourth-order valence-corrected chi connectivity index (χ4v) is 2.29. The van der Waals surface area contributed by atoms with E-state index in [1.165, 1.54) is 0 Å². The van der Waals surface area contributed by atoms with Crippen LogP contribution in [-0.2, 0) is 11.3 Å². The van der Waals surface area contributed by atoms with E-state index in [0.29, 0.717) is 24.4 Å². The van der Waals surface area contributed by atoms with Gasteiger partial charge in [-0.25, -0.2) is 14.3 Å². The van der Waals surface area contributed by atoms with Crippen molar-refractivity contribution >= 4 is 27.5 Å². The predicted molar refractivity (Wildman–Crippen MR) is 78.8 cm³/mol. The van der Waals surface area contributed by atoms with Crippen molar-refractivity contribution in [2.24, 2.45) is 0 Å². The van der Waals surface area contributed by atoms with Gasteiger partial charge >= 0.3 is 5.97 Å². The first-order chi connectivity index (χ1) is 9.45. The lowest BCUT2D eigenvalue weighted by atomic mass is 10.2. The third-order valence-corrected chi connectivity index (χ3v) is 3.74. The van der Waals surface area contributed by atoms with Gasteiger partial charge in [0.05, 0.1) is 22.5 Å². The Morgan fingerprint density at radius 3 is 2.80 bits per heavy atom.